The summed E-state index contributed by atoms with van der Waals surface area (Å²) < 4.78 is 8.87. The quantitative estimate of drug-likeness (QED) is 0.745. The Morgan fingerprint density at radius 2 is 2.25 bits per heavy atom. The highest BCUT2D eigenvalue weighted by Crippen LogP contribution is 2.34. The second-order valence-electron chi connectivity index (χ2n) is 5.45. The number of hydrogen-bond acceptors (Lipinski definition) is 2. The SMILES string of the molecule is CC(Cl)c1nc2cc(Br)ccc2n1C(C)C1CCOC1. The number of alkyl halides is 1. The van der Waals surface area contributed by atoms with Crippen molar-refractivity contribution in [3.05, 3.63) is 28.5 Å². The minimum atomic E-state index is -0.106. The molecule has 1 fully saturated rings. The van der Waals surface area contributed by atoms with Crippen LogP contribution in [0.1, 0.15) is 37.5 Å². The number of nitrogens with zero attached hydrogens (tertiary/aromatic N) is 2. The van der Waals surface area contributed by atoms with Gasteiger partial charge in [-0.15, -0.1) is 11.6 Å². The lowest BCUT2D eigenvalue weighted by atomic mass is 10.00. The van der Waals surface area contributed by atoms with E-state index in [9.17, 15) is 0 Å². The van der Waals surface area contributed by atoms with Gasteiger partial charge in [0.05, 0.1) is 23.0 Å². The minimum Gasteiger partial charge on any atom is -0.381 e. The molecule has 1 aromatic carbocycles. The van der Waals surface area contributed by atoms with Crippen LogP contribution in [0.2, 0.25) is 0 Å². The third-order valence-electron chi connectivity index (χ3n) is 4.09. The first-order valence-electron chi connectivity index (χ1n) is 6.97. The summed E-state index contributed by atoms with van der Waals surface area (Å²) in [5.74, 6) is 1.48. The molecular formula is C15H18BrClN2O. The van der Waals surface area contributed by atoms with Crippen molar-refractivity contribution in [1.29, 1.82) is 0 Å². The predicted octanol–water partition coefficient (Wildman–Crippen LogP) is 4.70. The van der Waals surface area contributed by atoms with Crippen molar-refractivity contribution in [2.45, 2.75) is 31.7 Å². The molecule has 1 aliphatic heterocycles. The average Bonchev–Trinajstić information content (AvgIpc) is 3.04. The number of rotatable bonds is 3. The van der Waals surface area contributed by atoms with Crippen LogP contribution >= 0.6 is 27.5 Å². The Morgan fingerprint density at radius 3 is 2.90 bits per heavy atom. The van der Waals surface area contributed by atoms with Crippen LogP contribution in [0.15, 0.2) is 22.7 Å². The van der Waals surface area contributed by atoms with Gasteiger partial charge < -0.3 is 9.30 Å². The van der Waals surface area contributed by atoms with Gasteiger partial charge in [0.25, 0.3) is 0 Å². The highest BCUT2D eigenvalue weighted by Gasteiger charge is 2.27. The number of fused-ring (bicyclic) bond motifs is 1. The van der Waals surface area contributed by atoms with E-state index in [-0.39, 0.29) is 5.38 Å². The Bertz CT molecular complexity index is 620. The fourth-order valence-corrected chi connectivity index (χ4v) is 3.45. The maximum atomic E-state index is 6.34. The molecule has 0 radical (unpaired) electrons. The molecule has 2 aromatic rings. The molecule has 0 N–H and O–H groups in total. The number of aromatic nitrogens is 2. The Balaban J connectivity index is 2.13. The number of ether oxygens (including phenoxy) is 1. The molecule has 1 saturated heterocycles. The van der Waals surface area contributed by atoms with Crippen molar-refractivity contribution >= 4 is 38.6 Å². The van der Waals surface area contributed by atoms with E-state index in [2.05, 4.69) is 39.6 Å². The summed E-state index contributed by atoms with van der Waals surface area (Å²) in [5, 5.41) is -0.106. The first kappa shape index (κ1) is 14.4. The van der Waals surface area contributed by atoms with E-state index in [0.29, 0.717) is 12.0 Å². The van der Waals surface area contributed by atoms with Gasteiger partial charge in [0.2, 0.25) is 0 Å². The maximum absolute atomic E-state index is 6.34. The van der Waals surface area contributed by atoms with Crippen LogP contribution in [0, 0.1) is 5.92 Å². The molecule has 3 nitrogen and oxygen atoms in total. The predicted molar refractivity (Wildman–Crippen MR) is 85.3 cm³/mol. The topological polar surface area (TPSA) is 27.1 Å². The van der Waals surface area contributed by atoms with Crippen LogP contribution in [0.5, 0.6) is 0 Å². The molecule has 0 spiro atoms. The zero-order valence-corrected chi connectivity index (χ0v) is 14.0. The third kappa shape index (κ3) is 2.49. The normalized spacial score (nSPS) is 22.3. The smallest absolute Gasteiger partial charge is 0.127 e. The lowest BCUT2D eigenvalue weighted by Crippen LogP contribution is -2.19. The van der Waals surface area contributed by atoms with Crippen LogP contribution in [0.3, 0.4) is 0 Å². The van der Waals surface area contributed by atoms with E-state index in [1.807, 2.05) is 13.0 Å². The van der Waals surface area contributed by atoms with Gasteiger partial charge in [-0.1, -0.05) is 15.9 Å². The molecule has 0 aliphatic carbocycles. The van der Waals surface area contributed by atoms with E-state index in [0.717, 1.165) is 41.0 Å². The molecule has 1 aliphatic rings. The fraction of sp³-hybridized carbons (Fsp3) is 0.533. The molecule has 3 atom stereocenters. The summed E-state index contributed by atoms with van der Waals surface area (Å²) >= 11 is 9.85. The standard InChI is InChI=1S/C15H18BrClN2O/c1-9(17)15-18-13-7-12(16)3-4-14(13)19(15)10(2)11-5-6-20-8-11/h3-4,7,9-11H,5-6,8H2,1-2H3. The highest BCUT2D eigenvalue weighted by atomic mass is 79.9. The Morgan fingerprint density at radius 1 is 1.45 bits per heavy atom. The number of halogens is 2. The highest BCUT2D eigenvalue weighted by molar-refractivity contribution is 9.10. The Labute approximate surface area is 132 Å². The largest absolute Gasteiger partial charge is 0.381 e. The van der Waals surface area contributed by atoms with E-state index in [1.165, 1.54) is 0 Å². The average molecular weight is 358 g/mol. The van der Waals surface area contributed by atoms with Gasteiger partial charge in [0.15, 0.2) is 0 Å². The molecule has 0 saturated carbocycles. The van der Waals surface area contributed by atoms with Gasteiger partial charge in [0, 0.05) is 23.0 Å². The fourth-order valence-electron chi connectivity index (χ4n) is 2.94. The van der Waals surface area contributed by atoms with E-state index >= 15 is 0 Å². The summed E-state index contributed by atoms with van der Waals surface area (Å²) in [6.07, 6.45) is 1.10. The monoisotopic (exact) mass is 356 g/mol. The van der Waals surface area contributed by atoms with Crippen molar-refractivity contribution in [2.75, 3.05) is 13.2 Å². The molecule has 0 bridgehead atoms. The summed E-state index contributed by atoms with van der Waals surface area (Å²) in [5.41, 5.74) is 2.14. The lowest BCUT2D eigenvalue weighted by molar-refractivity contribution is 0.175. The van der Waals surface area contributed by atoms with E-state index < -0.39 is 0 Å². The van der Waals surface area contributed by atoms with Gasteiger partial charge in [-0.2, -0.15) is 0 Å². The van der Waals surface area contributed by atoms with Gasteiger partial charge in [0.1, 0.15) is 5.82 Å². The molecule has 1 aromatic heterocycles. The summed E-state index contributed by atoms with van der Waals surface area (Å²) in [6, 6.07) is 6.56. The Kier molecular flexibility index (Phi) is 4.07. The van der Waals surface area contributed by atoms with Crippen molar-refractivity contribution in [3.63, 3.8) is 0 Å². The summed E-state index contributed by atoms with van der Waals surface area (Å²) in [6.45, 7) is 5.91. The number of benzene rings is 1. The first-order chi connectivity index (χ1) is 9.58. The van der Waals surface area contributed by atoms with Gasteiger partial charge in [-0.3, -0.25) is 0 Å². The van der Waals surface area contributed by atoms with Crippen LogP contribution in [-0.2, 0) is 4.74 Å². The molecule has 108 valence electrons. The molecule has 5 heteroatoms. The van der Waals surface area contributed by atoms with Crippen LogP contribution in [-0.4, -0.2) is 22.8 Å². The molecule has 20 heavy (non-hydrogen) atoms. The van der Waals surface area contributed by atoms with E-state index in [4.69, 9.17) is 21.3 Å². The number of imidazole rings is 1. The van der Waals surface area contributed by atoms with Gasteiger partial charge in [-0.25, -0.2) is 4.98 Å². The molecule has 2 heterocycles. The van der Waals surface area contributed by atoms with E-state index in [1.54, 1.807) is 0 Å². The minimum absolute atomic E-state index is 0.106. The summed E-state index contributed by atoms with van der Waals surface area (Å²) in [7, 11) is 0. The second kappa shape index (κ2) is 5.66. The molecule has 3 rings (SSSR count). The molecule has 0 amide bonds. The van der Waals surface area contributed by atoms with Crippen molar-refractivity contribution in [1.82, 2.24) is 9.55 Å². The maximum Gasteiger partial charge on any atom is 0.127 e. The third-order valence-corrected chi connectivity index (χ3v) is 4.78. The van der Waals surface area contributed by atoms with Crippen LogP contribution in [0.25, 0.3) is 11.0 Å². The second-order valence-corrected chi connectivity index (χ2v) is 7.02. The first-order valence-corrected chi connectivity index (χ1v) is 8.20. The van der Waals surface area contributed by atoms with Crippen LogP contribution < -0.4 is 0 Å². The van der Waals surface area contributed by atoms with Crippen LogP contribution in [0.4, 0.5) is 0 Å². The van der Waals surface area contributed by atoms with Crippen molar-refractivity contribution in [2.24, 2.45) is 5.92 Å². The number of hydrogen-bond donors (Lipinski definition) is 0. The van der Waals surface area contributed by atoms with Crippen molar-refractivity contribution in [3.8, 4) is 0 Å². The van der Waals surface area contributed by atoms with Gasteiger partial charge in [-0.05, 0) is 38.5 Å². The zero-order chi connectivity index (χ0) is 14.3. The zero-order valence-electron chi connectivity index (χ0n) is 11.6. The Hall–Kier alpha value is -0.580. The van der Waals surface area contributed by atoms with Gasteiger partial charge >= 0.3 is 0 Å². The summed E-state index contributed by atoms with van der Waals surface area (Å²) in [4.78, 5) is 4.73. The lowest BCUT2D eigenvalue weighted by Gasteiger charge is -2.23. The molecular weight excluding hydrogens is 340 g/mol. The van der Waals surface area contributed by atoms with Crippen molar-refractivity contribution < 1.29 is 4.74 Å². The molecule has 3 unspecified atom stereocenters.